The lowest BCUT2D eigenvalue weighted by atomic mass is 10.0. The number of amides is 2. The van der Waals surface area contributed by atoms with Crippen molar-refractivity contribution in [1.82, 2.24) is 64.4 Å². The smallest absolute Gasteiger partial charge is 0.276 e. The van der Waals surface area contributed by atoms with Crippen molar-refractivity contribution in [3.63, 3.8) is 0 Å². The molecule has 4 fully saturated rings. The van der Waals surface area contributed by atoms with E-state index in [1.807, 2.05) is 71.9 Å². The van der Waals surface area contributed by atoms with Gasteiger partial charge in [-0.2, -0.15) is 10.2 Å². The van der Waals surface area contributed by atoms with Crippen molar-refractivity contribution < 1.29 is 23.8 Å². The second-order valence-electron chi connectivity index (χ2n) is 20.3. The summed E-state index contributed by atoms with van der Waals surface area (Å²) in [5.41, 5.74) is 11.5. The van der Waals surface area contributed by atoms with E-state index in [0.717, 1.165) is 191 Å². The SMILES string of the molecule is O=C(Nc1ccc(CN2CCN(Cn3nc(C(=O)Nc4ccc(CN5CCOCC5)nc4)c4cc(-c5cncc(CN6CCOCC6)c5)ccc43)CC2)nc1)c1n[nH]c2ccc(-c3cncc(CN4CCOCC4)c3)cc12. The molecule has 0 spiro atoms. The zero-order valence-electron chi connectivity index (χ0n) is 43.1. The van der Waals surface area contributed by atoms with Gasteiger partial charge in [-0.1, -0.05) is 12.1 Å². The minimum atomic E-state index is -0.319. The van der Waals surface area contributed by atoms with Crippen molar-refractivity contribution in [2.24, 2.45) is 0 Å². The van der Waals surface area contributed by atoms with Crippen LogP contribution in [0.4, 0.5) is 11.4 Å². The Morgan fingerprint density at radius 2 is 0.974 bits per heavy atom. The molecular weight excluding hydrogens is 975 g/mol. The Kier molecular flexibility index (Phi) is 15.4. The fourth-order valence-electron chi connectivity index (χ4n) is 10.6. The summed E-state index contributed by atoms with van der Waals surface area (Å²) in [6.07, 6.45) is 11.0. The Balaban J connectivity index is 0.687. The van der Waals surface area contributed by atoms with Gasteiger partial charge in [0.05, 0.1) is 92.5 Å². The maximum absolute atomic E-state index is 14.2. The van der Waals surface area contributed by atoms with Gasteiger partial charge >= 0.3 is 0 Å². The van der Waals surface area contributed by atoms with Crippen LogP contribution in [0.1, 0.15) is 43.5 Å². The first-order chi connectivity index (χ1) is 37.9. The molecule has 2 amide bonds. The minimum Gasteiger partial charge on any atom is -0.379 e. The van der Waals surface area contributed by atoms with Crippen LogP contribution in [0.3, 0.4) is 0 Å². The molecule has 0 bridgehead atoms. The zero-order valence-corrected chi connectivity index (χ0v) is 43.1. The van der Waals surface area contributed by atoms with E-state index in [1.165, 1.54) is 0 Å². The fourth-order valence-corrected chi connectivity index (χ4v) is 10.6. The lowest BCUT2D eigenvalue weighted by Gasteiger charge is -2.34. The number of pyridine rings is 4. The standard InChI is InChI=1S/C57H63N15O5/c73-56(54-50-27-42(1-7-52(50)64-65-54)44-25-40(29-58-31-44)35-68-13-19-75-20-14-68)62-46-3-5-48(60-33-46)37-67-9-11-71(12-10-67)39-72-53-8-2-43(45-26-41(30-59-32-45)36-69-15-21-76-22-16-69)28-51(53)55(66-72)57(74)63-47-4-6-49(61-34-47)38-70-17-23-77-24-18-70/h1-8,25-34H,9-24,35-39H2,(H,62,73)(H,63,74)(H,64,65). The molecular formula is C57H63N15O5. The van der Waals surface area contributed by atoms with Crippen LogP contribution in [0, 0.1) is 0 Å². The summed E-state index contributed by atoms with van der Waals surface area (Å²) in [6, 6.07) is 24.3. The first-order valence-electron chi connectivity index (χ1n) is 26.6. The fraction of sp³-hybridized carbons (Fsp3) is 0.368. The number of aromatic nitrogens is 8. The molecule has 4 saturated heterocycles. The van der Waals surface area contributed by atoms with E-state index >= 15 is 0 Å². The van der Waals surface area contributed by atoms with E-state index in [0.29, 0.717) is 36.0 Å². The highest BCUT2D eigenvalue weighted by Gasteiger charge is 2.24. The topological polar surface area (TPSA) is 200 Å². The lowest BCUT2D eigenvalue weighted by molar-refractivity contribution is 0.0336. The number of nitrogens with zero attached hydrogens (tertiary/aromatic N) is 12. The summed E-state index contributed by atoms with van der Waals surface area (Å²) in [4.78, 5) is 58.3. The second-order valence-corrected chi connectivity index (χ2v) is 20.3. The highest BCUT2D eigenvalue weighted by atomic mass is 16.5. The maximum atomic E-state index is 14.2. The summed E-state index contributed by atoms with van der Waals surface area (Å²) in [5, 5.41) is 20.0. The molecule has 20 nitrogen and oxygen atoms in total. The number of H-pyrrole nitrogens is 1. The predicted octanol–water partition coefficient (Wildman–Crippen LogP) is 5.60. The monoisotopic (exact) mass is 1040 g/mol. The quantitative estimate of drug-likeness (QED) is 0.108. The summed E-state index contributed by atoms with van der Waals surface area (Å²) in [5.74, 6) is -0.615. The van der Waals surface area contributed by atoms with E-state index in [4.69, 9.17) is 24.3 Å². The van der Waals surface area contributed by atoms with Crippen molar-refractivity contribution in [3.8, 4) is 22.3 Å². The molecule has 12 rings (SSSR count). The number of anilines is 2. The summed E-state index contributed by atoms with van der Waals surface area (Å²) in [7, 11) is 0. The average molecular weight is 1040 g/mol. The van der Waals surface area contributed by atoms with Gasteiger partial charge in [0, 0.05) is 138 Å². The van der Waals surface area contributed by atoms with Gasteiger partial charge in [0.25, 0.3) is 11.8 Å². The van der Waals surface area contributed by atoms with Gasteiger partial charge in [0.15, 0.2) is 11.4 Å². The highest BCUT2D eigenvalue weighted by Crippen LogP contribution is 2.30. The Labute approximate surface area is 446 Å². The Morgan fingerprint density at radius 3 is 1.52 bits per heavy atom. The van der Waals surface area contributed by atoms with Gasteiger partial charge in [-0.3, -0.25) is 59.1 Å². The lowest BCUT2D eigenvalue weighted by Crippen LogP contribution is -2.46. The molecule has 8 aromatic rings. The summed E-state index contributed by atoms with van der Waals surface area (Å²) in [6.45, 7) is 16.5. The number of hydrogen-bond acceptors (Lipinski definition) is 16. The number of rotatable bonds is 16. The Hall–Kier alpha value is -7.40. The van der Waals surface area contributed by atoms with E-state index in [9.17, 15) is 9.59 Å². The molecule has 3 N–H and O–H groups in total. The zero-order chi connectivity index (χ0) is 51.9. The molecule has 0 saturated carbocycles. The number of nitrogens with one attached hydrogen (secondary N) is 3. The van der Waals surface area contributed by atoms with Crippen molar-refractivity contribution >= 4 is 45.0 Å². The van der Waals surface area contributed by atoms with Crippen LogP contribution in [-0.2, 0) is 47.1 Å². The maximum Gasteiger partial charge on any atom is 0.276 e. The molecule has 0 aliphatic carbocycles. The van der Waals surface area contributed by atoms with Crippen LogP contribution < -0.4 is 10.6 Å². The Morgan fingerprint density at radius 1 is 0.481 bits per heavy atom. The molecule has 20 heteroatoms. The van der Waals surface area contributed by atoms with Crippen molar-refractivity contribution in [2.75, 3.05) is 116 Å². The number of hydrogen-bond donors (Lipinski definition) is 3. The van der Waals surface area contributed by atoms with Crippen LogP contribution >= 0.6 is 0 Å². The normalized spacial score (nSPS) is 17.5. The van der Waals surface area contributed by atoms with E-state index < -0.39 is 0 Å². The van der Waals surface area contributed by atoms with Crippen molar-refractivity contribution in [3.05, 3.63) is 144 Å². The van der Waals surface area contributed by atoms with Crippen LogP contribution in [0.25, 0.3) is 44.1 Å². The first-order valence-corrected chi connectivity index (χ1v) is 26.6. The second kappa shape index (κ2) is 23.5. The predicted molar refractivity (Wildman–Crippen MR) is 292 cm³/mol. The van der Waals surface area contributed by atoms with E-state index in [-0.39, 0.29) is 11.8 Å². The van der Waals surface area contributed by atoms with Crippen LogP contribution in [0.5, 0.6) is 0 Å². The average Bonchev–Trinajstić information content (AvgIpc) is 4.07. The third kappa shape index (κ3) is 12.3. The largest absolute Gasteiger partial charge is 0.379 e. The number of morpholine rings is 3. The van der Waals surface area contributed by atoms with E-state index in [2.05, 4.69) is 90.6 Å². The summed E-state index contributed by atoms with van der Waals surface area (Å²) < 4.78 is 18.5. The highest BCUT2D eigenvalue weighted by molar-refractivity contribution is 6.12. The number of carbonyl (C=O) groups is 2. The molecule has 4 aliphatic heterocycles. The van der Waals surface area contributed by atoms with E-state index in [1.54, 1.807) is 12.4 Å². The third-order valence-corrected chi connectivity index (χ3v) is 14.9. The molecule has 2 aromatic carbocycles. The summed E-state index contributed by atoms with van der Waals surface area (Å²) >= 11 is 0. The molecule has 6 aromatic heterocycles. The van der Waals surface area contributed by atoms with Crippen LogP contribution in [-0.4, -0.2) is 181 Å². The molecule has 396 valence electrons. The van der Waals surface area contributed by atoms with Gasteiger partial charge in [-0.05, 0) is 82.9 Å². The van der Waals surface area contributed by atoms with Gasteiger partial charge < -0.3 is 24.8 Å². The van der Waals surface area contributed by atoms with Crippen molar-refractivity contribution in [2.45, 2.75) is 32.8 Å². The molecule has 77 heavy (non-hydrogen) atoms. The molecule has 10 heterocycles. The number of aromatic amines is 1. The van der Waals surface area contributed by atoms with Gasteiger partial charge in [0.2, 0.25) is 0 Å². The first kappa shape index (κ1) is 50.4. The molecule has 4 aliphatic rings. The van der Waals surface area contributed by atoms with Gasteiger partial charge in [-0.15, -0.1) is 0 Å². The number of piperazine rings is 1. The van der Waals surface area contributed by atoms with Gasteiger partial charge in [-0.25, -0.2) is 4.68 Å². The van der Waals surface area contributed by atoms with Crippen LogP contribution in [0.2, 0.25) is 0 Å². The number of benzene rings is 2. The molecule has 0 atom stereocenters. The minimum absolute atomic E-state index is 0.297. The van der Waals surface area contributed by atoms with Gasteiger partial charge in [0.1, 0.15) is 0 Å². The number of carbonyl (C=O) groups excluding carboxylic acids is 2. The number of fused-ring (bicyclic) bond motifs is 2. The molecule has 0 radical (unpaired) electrons. The van der Waals surface area contributed by atoms with Crippen molar-refractivity contribution in [1.29, 1.82) is 0 Å². The molecule has 0 unspecified atom stereocenters. The third-order valence-electron chi connectivity index (χ3n) is 14.9. The van der Waals surface area contributed by atoms with Crippen LogP contribution in [0.15, 0.2) is 110 Å². The Bertz CT molecular complexity index is 3320. The number of ether oxygens (including phenoxy) is 3.